The fourth-order valence-electron chi connectivity index (χ4n) is 6.81. The van der Waals surface area contributed by atoms with E-state index in [1.807, 2.05) is 12.1 Å². The summed E-state index contributed by atoms with van der Waals surface area (Å²) in [4.78, 5) is 48.5. The molecule has 4 N–H and O–H groups in total. The molecule has 2 bridgehead atoms. The number of rotatable bonds is 9. The molecule has 3 aromatic carbocycles. The average molecular weight is 650 g/mol. The molecule has 3 heterocycles. The Bertz CT molecular complexity index is 1670. The van der Waals surface area contributed by atoms with Crippen molar-refractivity contribution >= 4 is 23.8 Å². The highest BCUT2D eigenvalue weighted by Gasteiger charge is 2.42. The molecule has 4 atom stereocenters. The molecule has 9 nitrogen and oxygen atoms in total. The molecule has 6 rings (SSSR count). The molecule has 0 saturated carbocycles. The van der Waals surface area contributed by atoms with Gasteiger partial charge in [-0.2, -0.15) is 0 Å². The largest absolute Gasteiger partial charge is 0.478 e. The predicted octanol–water partition coefficient (Wildman–Crippen LogP) is 4.92. The second kappa shape index (κ2) is 14.3. The monoisotopic (exact) mass is 649 g/mol. The predicted molar refractivity (Wildman–Crippen MR) is 165 cm³/mol. The third kappa shape index (κ3) is 7.78. The molecule has 2 fully saturated rings. The minimum absolute atomic E-state index is 0.117. The van der Waals surface area contributed by atoms with Gasteiger partial charge in [0, 0.05) is 42.9 Å². The zero-order valence-corrected chi connectivity index (χ0v) is 25.3. The van der Waals surface area contributed by atoms with E-state index in [0.717, 1.165) is 49.4 Å². The van der Waals surface area contributed by atoms with Gasteiger partial charge in [-0.1, -0.05) is 36.4 Å². The van der Waals surface area contributed by atoms with Crippen molar-refractivity contribution < 1.29 is 42.6 Å². The Balaban J connectivity index is 0.000000483. The number of nitrogens with two attached hydrogens (primary N) is 1. The van der Waals surface area contributed by atoms with Crippen molar-refractivity contribution in [3.63, 3.8) is 0 Å². The van der Waals surface area contributed by atoms with Crippen LogP contribution in [-0.2, 0) is 29.1 Å². The SMILES string of the molecule is N[C@H](Cc1cc(F)c(F)cc1F)C1C[C@H]2CC[C@@H](C1)N2Cc1cccc(CN2C(=O)c3ccccc3C2=O)c1.O=C(O)/C=C\C(=O)O. The lowest BCUT2D eigenvalue weighted by Gasteiger charge is -2.41. The van der Waals surface area contributed by atoms with Crippen molar-refractivity contribution in [2.75, 3.05) is 0 Å². The molecule has 0 aliphatic carbocycles. The minimum Gasteiger partial charge on any atom is -0.478 e. The summed E-state index contributed by atoms with van der Waals surface area (Å²) < 4.78 is 41.2. The van der Waals surface area contributed by atoms with E-state index in [4.69, 9.17) is 15.9 Å². The highest BCUT2D eigenvalue weighted by atomic mass is 19.2. The lowest BCUT2D eigenvalue weighted by Crippen LogP contribution is -2.47. The second-order valence-corrected chi connectivity index (χ2v) is 12.1. The van der Waals surface area contributed by atoms with Gasteiger partial charge in [0.25, 0.3) is 11.8 Å². The maximum atomic E-state index is 14.2. The van der Waals surface area contributed by atoms with Gasteiger partial charge in [-0.3, -0.25) is 19.4 Å². The van der Waals surface area contributed by atoms with E-state index < -0.39 is 29.4 Å². The number of carbonyl (C=O) groups excluding carboxylic acids is 2. The van der Waals surface area contributed by atoms with E-state index in [1.54, 1.807) is 24.3 Å². The van der Waals surface area contributed by atoms with Crippen LogP contribution in [0.1, 0.15) is 63.1 Å². The van der Waals surface area contributed by atoms with E-state index in [1.165, 1.54) is 4.90 Å². The number of aliphatic carboxylic acids is 2. The molecule has 0 spiro atoms. The van der Waals surface area contributed by atoms with Crippen LogP contribution in [0.4, 0.5) is 13.2 Å². The molecule has 1 unspecified atom stereocenters. The number of halogens is 3. The van der Waals surface area contributed by atoms with Crippen LogP contribution in [0, 0.1) is 23.4 Å². The summed E-state index contributed by atoms with van der Waals surface area (Å²) in [6.45, 7) is 0.982. The van der Waals surface area contributed by atoms with Crippen LogP contribution in [0.5, 0.6) is 0 Å². The first-order chi connectivity index (χ1) is 22.4. The number of carbonyl (C=O) groups is 4. The number of imide groups is 1. The molecule has 3 aliphatic heterocycles. The van der Waals surface area contributed by atoms with Crippen molar-refractivity contribution in [1.29, 1.82) is 0 Å². The standard InChI is InChI=1S/C31H30F3N3O2.C4H4O4/c32-26-15-28(34)27(33)13-20(26)14-29(35)21-11-22-8-9-23(12-21)36(22)16-18-4-3-5-19(10-18)17-37-30(38)24-6-1-2-7-25(24)31(37)39;5-3(6)1-2-4(7)8/h1-7,10,13,15,21-23,29H,8-9,11-12,14,16-17,35H2;1-2H,(H,5,6)(H,7,8)/b;2-1-/t21?,22-,23+,29-;/m1./s1. The molecule has 0 aromatic heterocycles. The van der Waals surface area contributed by atoms with Gasteiger partial charge in [0.1, 0.15) is 5.82 Å². The highest BCUT2D eigenvalue weighted by molar-refractivity contribution is 6.21. The lowest BCUT2D eigenvalue weighted by molar-refractivity contribution is -0.134. The Morgan fingerprint density at radius 1 is 0.787 bits per heavy atom. The van der Waals surface area contributed by atoms with Crippen molar-refractivity contribution in [3.8, 4) is 0 Å². The van der Waals surface area contributed by atoms with Crippen LogP contribution in [-0.4, -0.2) is 61.9 Å². The van der Waals surface area contributed by atoms with Gasteiger partial charge >= 0.3 is 11.9 Å². The van der Waals surface area contributed by atoms with Gasteiger partial charge in [-0.25, -0.2) is 22.8 Å². The molecule has 246 valence electrons. The van der Waals surface area contributed by atoms with E-state index in [0.29, 0.717) is 41.4 Å². The normalized spacial score (nSPS) is 21.0. The Morgan fingerprint density at radius 2 is 1.32 bits per heavy atom. The number of benzene rings is 3. The Morgan fingerprint density at radius 3 is 1.87 bits per heavy atom. The molecular formula is C35H34F3N3O6. The number of hydrogen-bond donors (Lipinski definition) is 3. The fraction of sp³-hybridized carbons (Fsp3) is 0.314. The first-order valence-corrected chi connectivity index (χ1v) is 15.2. The molecule has 3 aliphatic rings. The van der Waals surface area contributed by atoms with Crippen molar-refractivity contribution in [1.82, 2.24) is 9.80 Å². The summed E-state index contributed by atoms with van der Waals surface area (Å²) in [7, 11) is 0. The molecule has 0 radical (unpaired) electrons. The van der Waals surface area contributed by atoms with Crippen LogP contribution < -0.4 is 5.73 Å². The van der Waals surface area contributed by atoms with Crippen LogP contribution in [0.15, 0.2) is 72.8 Å². The van der Waals surface area contributed by atoms with Gasteiger partial charge in [0.15, 0.2) is 11.6 Å². The fourth-order valence-corrected chi connectivity index (χ4v) is 6.81. The number of fused-ring (bicyclic) bond motifs is 3. The van der Waals surface area contributed by atoms with Crippen LogP contribution in [0.25, 0.3) is 0 Å². The number of carboxylic acid groups (broad SMARTS) is 2. The molecular weight excluding hydrogens is 615 g/mol. The molecule has 2 saturated heterocycles. The van der Waals surface area contributed by atoms with Gasteiger partial charge in [-0.05, 0) is 72.9 Å². The summed E-state index contributed by atoms with van der Waals surface area (Å²) in [5.74, 6) is -5.87. The Kier molecular flexibility index (Phi) is 10.2. The molecule has 3 aromatic rings. The second-order valence-electron chi connectivity index (χ2n) is 12.1. The molecule has 12 heteroatoms. The topological polar surface area (TPSA) is 141 Å². The Labute approximate surface area is 269 Å². The number of nitrogens with zero attached hydrogens (tertiary/aromatic N) is 2. The van der Waals surface area contributed by atoms with Gasteiger partial charge in [0.05, 0.1) is 17.7 Å². The number of hydrogen-bond acceptors (Lipinski definition) is 6. The number of piperidine rings is 1. The quantitative estimate of drug-likeness (QED) is 0.169. The number of carboxylic acids is 2. The first-order valence-electron chi connectivity index (χ1n) is 15.2. The summed E-state index contributed by atoms with van der Waals surface area (Å²) >= 11 is 0. The summed E-state index contributed by atoms with van der Waals surface area (Å²) in [6.07, 6.45) is 5.15. The van der Waals surface area contributed by atoms with E-state index in [2.05, 4.69) is 17.0 Å². The maximum absolute atomic E-state index is 14.2. The zero-order chi connectivity index (χ0) is 33.8. The average Bonchev–Trinajstić information content (AvgIpc) is 3.39. The van der Waals surface area contributed by atoms with E-state index >= 15 is 0 Å². The van der Waals surface area contributed by atoms with E-state index in [9.17, 15) is 32.3 Å². The first kappa shape index (κ1) is 33.6. The summed E-state index contributed by atoms with van der Waals surface area (Å²) in [6, 6.07) is 16.8. The van der Waals surface area contributed by atoms with Crippen molar-refractivity contribution in [2.45, 2.75) is 63.3 Å². The third-order valence-corrected chi connectivity index (χ3v) is 9.02. The van der Waals surface area contributed by atoms with Crippen LogP contribution in [0.2, 0.25) is 0 Å². The Hall–Kier alpha value is -4.81. The smallest absolute Gasteiger partial charge is 0.328 e. The van der Waals surface area contributed by atoms with Gasteiger partial charge in [0.2, 0.25) is 0 Å². The van der Waals surface area contributed by atoms with Crippen LogP contribution in [0.3, 0.4) is 0 Å². The van der Waals surface area contributed by atoms with E-state index in [-0.39, 0.29) is 42.3 Å². The minimum atomic E-state index is -1.26. The maximum Gasteiger partial charge on any atom is 0.328 e. The van der Waals surface area contributed by atoms with Crippen molar-refractivity contribution in [3.05, 3.63) is 118 Å². The molecule has 2 amide bonds. The lowest BCUT2D eigenvalue weighted by atomic mass is 9.82. The summed E-state index contributed by atoms with van der Waals surface area (Å²) in [5.41, 5.74) is 9.51. The highest BCUT2D eigenvalue weighted by Crippen LogP contribution is 2.41. The number of amides is 2. The van der Waals surface area contributed by atoms with Crippen molar-refractivity contribution in [2.24, 2.45) is 11.7 Å². The van der Waals surface area contributed by atoms with Crippen LogP contribution >= 0.6 is 0 Å². The molecule has 47 heavy (non-hydrogen) atoms. The van der Waals surface area contributed by atoms with Gasteiger partial charge < -0.3 is 15.9 Å². The summed E-state index contributed by atoms with van der Waals surface area (Å²) in [5, 5.41) is 15.6. The van der Waals surface area contributed by atoms with Gasteiger partial charge in [-0.15, -0.1) is 0 Å². The third-order valence-electron chi connectivity index (χ3n) is 9.02. The zero-order valence-electron chi connectivity index (χ0n) is 25.3.